The van der Waals surface area contributed by atoms with Crippen LogP contribution in [-0.4, -0.2) is 4.57 Å². The number of rotatable bonds is 4. The molecule has 0 aliphatic heterocycles. The summed E-state index contributed by atoms with van der Waals surface area (Å²) in [5.74, 6) is 0. The van der Waals surface area contributed by atoms with Crippen molar-refractivity contribution in [1.29, 1.82) is 0 Å². The molecule has 2 nitrogen and oxygen atoms in total. The van der Waals surface area contributed by atoms with Gasteiger partial charge in [0.25, 0.3) is 0 Å². The fourth-order valence-electron chi connectivity index (χ4n) is 4.94. The Balaban J connectivity index is 1.46. The predicted octanol–water partition coefficient (Wildman–Crippen LogP) is 8.98. The van der Waals surface area contributed by atoms with Gasteiger partial charge in [-0.05, 0) is 84.7 Å². The van der Waals surface area contributed by atoms with Crippen molar-refractivity contribution in [1.82, 2.24) is 4.57 Å². The van der Waals surface area contributed by atoms with Crippen LogP contribution in [0.3, 0.4) is 0 Å². The Labute approximate surface area is 207 Å². The van der Waals surface area contributed by atoms with Gasteiger partial charge in [-0.3, -0.25) is 0 Å². The molecule has 0 atom stereocenters. The lowest BCUT2D eigenvalue weighted by atomic mass is 9.94. The van der Waals surface area contributed by atoms with E-state index in [0.29, 0.717) is 5.39 Å². The molecule has 178 valence electrons. The van der Waals surface area contributed by atoms with Gasteiger partial charge in [-0.2, -0.15) is 13.2 Å². The summed E-state index contributed by atoms with van der Waals surface area (Å²) in [4.78, 5) is 0. The minimum Gasteiger partial charge on any atom is -0.359 e. The van der Waals surface area contributed by atoms with Gasteiger partial charge in [-0.15, -0.1) is 0 Å². The lowest BCUT2D eigenvalue weighted by Gasteiger charge is -2.17. The Morgan fingerprint density at radius 3 is 2.00 bits per heavy atom. The number of halogens is 3. The third-order valence-corrected chi connectivity index (χ3v) is 6.71. The predicted molar refractivity (Wildman–Crippen MR) is 141 cm³/mol. The van der Waals surface area contributed by atoms with E-state index in [1.807, 2.05) is 77.4 Å². The number of aromatic nitrogens is 1. The average molecular weight is 481 g/mol. The molecule has 0 unspecified atom stereocenters. The van der Waals surface area contributed by atoms with Gasteiger partial charge in [0.2, 0.25) is 0 Å². The number of nitrogens with one attached hydrogen (secondary N) is 1. The highest BCUT2D eigenvalue weighted by Gasteiger charge is 2.31. The van der Waals surface area contributed by atoms with Crippen LogP contribution in [0.15, 0.2) is 115 Å². The summed E-state index contributed by atoms with van der Waals surface area (Å²) < 4.78 is 42.8. The minimum atomic E-state index is -4.40. The highest BCUT2D eigenvalue weighted by Crippen LogP contribution is 2.39. The molecule has 0 spiro atoms. The molecule has 1 heterocycles. The lowest BCUT2D eigenvalue weighted by molar-refractivity contribution is -0.137. The Morgan fingerprint density at radius 2 is 1.33 bits per heavy atom. The molecular weight excluding hydrogens is 457 g/mol. The molecule has 1 aliphatic carbocycles. The summed E-state index contributed by atoms with van der Waals surface area (Å²) >= 11 is 0. The summed E-state index contributed by atoms with van der Waals surface area (Å²) in [5.41, 5.74) is 6.32. The summed E-state index contributed by atoms with van der Waals surface area (Å²) in [6, 6.07) is 29.9. The van der Waals surface area contributed by atoms with Gasteiger partial charge in [-0.1, -0.05) is 48.5 Å². The number of alkyl halides is 3. The van der Waals surface area contributed by atoms with E-state index in [4.69, 9.17) is 0 Å². The first-order valence-corrected chi connectivity index (χ1v) is 11.9. The second-order valence-corrected chi connectivity index (χ2v) is 9.01. The number of benzene rings is 4. The van der Waals surface area contributed by atoms with E-state index in [1.165, 1.54) is 11.6 Å². The normalized spacial score (nSPS) is 14.1. The number of hydrogen-bond acceptors (Lipinski definition) is 1. The van der Waals surface area contributed by atoms with Gasteiger partial charge in [0.15, 0.2) is 0 Å². The quantitative estimate of drug-likeness (QED) is 0.272. The molecule has 1 aliphatic rings. The van der Waals surface area contributed by atoms with Crippen LogP contribution in [0.1, 0.15) is 24.0 Å². The average Bonchev–Trinajstić information content (AvgIpc) is 3.23. The van der Waals surface area contributed by atoms with Crippen molar-refractivity contribution in [3.05, 3.63) is 126 Å². The lowest BCUT2D eigenvalue weighted by Crippen LogP contribution is -2.04. The van der Waals surface area contributed by atoms with Crippen molar-refractivity contribution in [3.63, 3.8) is 0 Å². The number of nitrogens with zero attached hydrogens (tertiary/aromatic N) is 1. The Kier molecular flexibility index (Phi) is 5.41. The van der Waals surface area contributed by atoms with E-state index >= 15 is 0 Å². The van der Waals surface area contributed by atoms with Crippen molar-refractivity contribution in [2.24, 2.45) is 0 Å². The number of anilines is 1. The van der Waals surface area contributed by atoms with Crippen LogP contribution in [0.4, 0.5) is 18.9 Å². The Bertz CT molecular complexity index is 1630. The van der Waals surface area contributed by atoms with E-state index in [-0.39, 0.29) is 0 Å². The molecule has 5 heteroatoms. The van der Waals surface area contributed by atoms with E-state index in [9.17, 15) is 13.2 Å². The zero-order valence-electron chi connectivity index (χ0n) is 19.4. The Morgan fingerprint density at radius 1 is 0.667 bits per heavy atom. The minimum absolute atomic E-state index is 0.601. The second-order valence-electron chi connectivity index (χ2n) is 9.01. The van der Waals surface area contributed by atoms with E-state index < -0.39 is 11.7 Å². The molecule has 0 bridgehead atoms. The maximum atomic E-state index is 13.6. The van der Waals surface area contributed by atoms with Gasteiger partial charge in [-0.25, -0.2) is 0 Å². The number of para-hydroxylation sites is 2. The topological polar surface area (TPSA) is 17.0 Å². The standard InChI is InChI=1S/C31H23F3N2/c32-31(33,34)23-14-18-30-28(20-23)27-19-22(13-17-29(27)36(30)26-9-5-2-6-10-26)21-11-15-25(16-12-21)35-24-7-3-1-4-8-24/h1-11,13-15,17-20,35H,12,16H2. The summed E-state index contributed by atoms with van der Waals surface area (Å²) in [6.07, 6.45) is 1.51. The molecule has 1 N–H and O–H groups in total. The largest absolute Gasteiger partial charge is 0.416 e. The maximum absolute atomic E-state index is 13.6. The molecular formula is C31H23F3N2. The molecule has 6 rings (SSSR count). The van der Waals surface area contributed by atoms with Crippen molar-refractivity contribution in [2.75, 3.05) is 5.32 Å². The first-order chi connectivity index (χ1) is 17.5. The van der Waals surface area contributed by atoms with Gasteiger partial charge >= 0.3 is 6.18 Å². The number of allylic oxidation sites excluding steroid dienone is 4. The third-order valence-electron chi connectivity index (χ3n) is 6.71. The zero-order chi connectivity index (χ0) is 24.7. The third kappa shape index (κ3) is 4.07. The first kappa shape index (κ1) is 22.2. The molecule has 0 amide bonds. The van der Waals surface area contributed by atoms with E-state index in [2.05, 4.69) is 23.5 Å². The van der Waals surface area contributed by atoms with Crippen molar-refractivity contribution < 1.29 is 13.2 Å². The van der Waals surface area contributed by atoms with E-state index in [1.54, 1.807) is 6.07 Å². The summed E-state index contributed by atoms with van der Waals surface area (Å²) in [7, 11) is 0. The van der Waals surface area contributed by atoms with E-state index in [0.717, 1.165) is 58.0 Å². The van der Waals surface area contributed by atoms with Crippen LogP contribution in [-0.2, 0) is 6.18 Å². The highest BCUT2D eigenvalue weighted by molar-refractivity contribution is 6.10. The van der Waals surface area contributed by atoms with Crippen LogP contribution in [0.5, 0.6) is 0 Å². The molecule has 36 heavy (non-hydrogen) atoms. The van der Waals surface area contributed by atoms with Gasteiger partial charge in [0.05, 0.1) is 16.6 Å². The van der Waals surface area contributed by atoms with Crippen molar-refractivity contribution in [2.45, 2.75) is 19.0 Å². The van der Waals surface area contributed by atoms with Gasteiger partial charge in [0, 0.05) is 27.8 Å². The molecule has 1 aromatic heterocycles. The molecule has 0 saturated carbocycles. The van der Waals surface area contributed by atoms with Crippen LogP contribution in [0.25, 0.3) is 33.1 Å². The molecule has 0 fully saturated rings. The van der Waals surface area contributed by atoms with Gasteiger partial charge in [0.1, 0.15) is 0 Å². The zero-order valence-corrected chi connectivity index (χ0v) is 19.4. The fraction of sp³-hybridized carbons (Fsp3) is 0.0968. The van der Waals surface area contributed by atoms with Gasteiger partial charge < -0.3 is 9.88 Å². The van der Waals surface area contributed by atoms with Crippen molar-refractivity contribution >= 4 is 33.1 Å². The molecule has 0 radical (unpaired) electrons. The van der Waals surface area contributed by atoms with Crippen LogP contribution in [0, 0.1) is 0 Å². The summed E-state index contributed by atoms with van der Waals surface area (Å²) in [5, 5.41) is 4.87. The van der Waals surface area contributed by atoms with Crippen LogP contribution < -0.4 is 5.32 Å². The molecule has 5 aromatic rings. The fourth-order valence-corrected chi connectivity index (χ4v) is 4.94. The summed E-state index contributed by atoms with van der Waals surface area (Å²) in [6.45, 7) is 0. The Hall–Kier alpha value is -4.25. The first-order valence-electron chi connectivity index (χ1n) is 11.9. The number of hydrogen-bond donors (Lipinski definition) is 1. The molecule has 0 saturated heterocycles. The number of fused-ring (bicyclic) bond motifs is 3. The maximum Gasteiger partial charge on any atom is 0.416 e. The molecule has 4 aromatic carbocycles. The van der Waals surface area contributed by atoms with Crippen LogP contribution >= 0.6 is 0 Å². The SMILES string of the molecule is FC(F)(F)c1ccc2c(c1)c1cc(C3=CC=C(Nc4ccccc4)CC3)ccc1n2-c1ccccc1. The second kappa shape index (κ2) is 8.76. The van der Waals surface area contributed by atoms with Crippen LogP contribution in [0.2, 0.25) is 0 Å². The highest BCUT2D eigenvalue weighted by atomic mass is 19.4. The smallest absolute Gasteiger partial charge is 0.359 e. The van der Waals surface area contributed by atoms with Crippen molar-refractivity contribution in [3.8, 4) is 5.69 Å². The monoisotopic (exact) mass is 480 g/mol.